The molecule has 17 heavy (non-hydrogen) atoms. The van der Waals surface area contributed by atoms with Crippen LogP contribution in [0.1, 0.15) is 27.2 Å². The molecule has 2 N–H and O–H groups in total. The van der Waals surface area contributed by atoms with Crippen LogP contribution in [0.4, 0.5) is 5.82 Å². The van der Waals surface area contributed by atoms with E-state index >= 15 is 0 Å². The lowest BCUT2D eigenvalue weighted by Crippen LogP contribution is -2.08. The Morgan fingerprint density at radius 1 is 1.47 bits per heavy atom. The number of aliphatic hydroxyl groups excluding tert-OH is 1. The van der Waals surface area contributed by atoms with E-state index < -0.39 is 0 Å². The molecule has 1 aromatic rings. The second kappa shape index (κ2) is 9.53. The molecule has 0 aliphatic rings. The number of nitrogens with one attached hydrogen (secondary N) is 1. The predicted molar refractivity (Wildman–Crippen MR) is 64.9 cm³/mol. The maximum Gasteiger partial charge on any atom is 0.222 e. The van der Waals surface area contributed by atoms with Crippen molar-refractivity contribution in [2.24, 2.45) is 0 Å². The van der Waals surface area contributed by atoms with Crippen LogP contribution in [0, 0.1) is 0 Å². The zero-order valence-electron chi connectivity index (χ0n) is 10.4. The molecule has 1 amide bonds. The lowest BCUT2D eigenvalue weighted by molar-refractivity contribution is -0.114. The van der Waals surface area contributed by atoms with Crippen LogP contribution in [0.25, 0.3) is 0 Å². The summed E-state index contributed by atoms with van der Waals surface area (Å²) in [7, 11) is 0. The van der Waals surface area contributed by atoms with Gasteiger partial charge < -0.3 is 15.2 Å². The summed E-state index contributed by atoms with van der Waals surface area (Å²) in [6.07, 6.45) is 1.85. The van der Waals surface area contributed by atoms with Gasteiger partial charge >= 0.3 is 0 Å². The number of hydrogen-bond donors (Lipinski definition) is 2. The van der Waals surface area contributed by atoms with Crippen LogP contribution in [0.5, 0.6) is 5.88 Å². The lowest BCUT2D eigenvalue weighted by Gasteiger charge is -2.05. The Morgan fingerprint density at radius 3 is 2.76 bits per heavy atom. The molecule has 96 valence electrons. The quantitative estimate of drug-likeness (QED) is 0.757. The third-order valence-corrected chi connectivity index (χ3v) is 1.50. The van der Waals surface area contributed by atoms with Gasteiger partial charge in [-0.05, 0) is 0 Å². The Morgan fingerprint density at radius 2 is 2.18 bits per heavy atom. The molecule has 0 radical (unpaired) electrons. The van der Waals surface area contributed by atoms with Gasteiger partial charge in [-0.15, -0.1) is 0 Å². The van der Waals surface area contributed by atoms with Gasteiger partial charge in [-0.25, -0.2) is 9.97 Å². The number of carbonyl (C=O) groups is 1. The van der Waals surface area contributed by atoms with Crippen molar-refractivity contribution in [1.82, 2.24) is 9.97 Å². The molecule has 0 saturated carbocycles. The van der Waals surface area contributed by atoms with Gasteiger partial charge in [0, 0.05) is 26.0 Å². The molecule has 6 heteroatoms. The van der Waals surface area contributed by atoms with Crippen molar-refractivity contribution in [1.29, 1.82) is 0 Å². The first kappa shape index (κ1) is 15.3. The first-order valence-electron chi connectivity index (χ1n) is 5.55. The molecule has 0 spiro atoms. The fourth-order valence-corrected chi connectivity index (χ4v) is 0.908. The Bertz CT molecular complexity index is 331. The molecular formula is C11H19N3O3. The van der Waals surface area contributed by atoms with E-state index in [1.165, 1.54) is 19.3 Å². The number of aliphatic hydroxyl groups is 1. The first-order valence-corrected chi connectivity index (χ1v) is 5.55. The normalized spacial score (nSPS) is 8.94. The summed E-state index contributed by atoms with van der Waals surface area (Å²) >= 11 is 0. The van der Waals surface area contributed by atoms with E-state index in [9.17, 15) is 4.79 Å². The number of carbonyl (C=O) groups excluding carboxylic acids is 1. The zero-order chi connectivity index (χ0) is 13.1. The van der Waals surface area contributed by atoms with Crippen molar-refractivity contribution < 1.29 is 14.6 Å². The van der Waals surface area contributed by atoms with Gasteiger partial charge in [-0.1, -0.05) is 13.8 Å². The van der Waals surface area contributed by atoms with E-state index in [4.69, 9.17) is 9.84 Å². The third kappa shape index (κ3) is 7.24. The number of anilines is 1. The van der Waals surface area contributed by atoms with E-state index in [0.717, 1.165) is 0 Å². The molecule has 1 aromatic heterocycles. The van der Waals surface area contributed by atoms with Crippen molar-refractivity contribution in [2.75, 3.05) is 18.5 Å². The van der Waals surface area contributed by atoms with Crippen LogP contribution < -0.4 is 10.1 Å². The highest BCUT2D eigenvalue weighted by molar-refractivity contribution is 5.87. The van der Waals surface area contributed by atoms with Crippen LogP contribution in [0.15, 0.2) is 12.4 Å². The molecule has 0 unspecified atom stereocenters. The molecule has 6 nitrogen and oxygen atoms in total. The van der Waals surface area contributed by atoms with Crippen molar-refractivity contribution in [3.05, 3.63) is 12.4 Å². The van der Waals surface area contributed by atoms with Crippen LogP contribution >= 0.6 is 0 Å². The monoisotopic (exact) mass is 241 g/mol. The van der Waals surface area contributed by atoms with Gasteiger partial charge in [0.2, 0.25) is 11.8 Å². The van der Waals surface area contributed by atoms with Crippen molar-refractivity contribution >= 4 is 11.7 Å². The Labute approximate surface area is 101 Å². The SMILES string of the molecule is CC.CC(=O)Nc1cc(OCCCO)ncn1. The minimum Gasteiger partial charge on any atom is -0.477 e. The molecule has 0 aliphatic heterocycles. The van der Waals surface area contributed by atoms with E-state index in [0.29, 0.717) is 24.7 Å². The number of amides is 1. The van der Waals surface area contributed by atoms with Crippen LogP contribution in [-0.2, 0) is 4.79 Å². The molecule has 0 aliphatic carbocycles. The number of aromatic nitrogens is 2. The summed E-state index contributed by atoms with van der Waals surface area (Å²) < 4.78 is 5.21. The molecule has 1 rings (SSSR count). The minimum atomic E-state index is -0.199. The summed E-state index contributed by atoms with van der Waals surface area (Å²) in [4.78, 5) is 18.4. The maximum atomic E-state index is 10.7. The Hall–Kier alpha value is -1.69. The molecule has 0 aromatic carbocycles. The first-order chi connectivity index (χ1) is 8.22. The van der Waals surface area contributed by atoms with Gasteiger partial charge in [0.1, 0.15) is 12.1 Å². The van der Waals surface area contributed by atoms with Crippen molar-refractivity contribution in [2.45, 2.75) is 27.2 Å². The average molecular weight is 241 g/mol. The Balaban J connectivity index is 0.00000121. The minimum absolute atomic E-state index is 0.0731. The van der Waals surface area contributed by atoms with Gasteiger partial charge in [0.05, 0.1) is 6.61 Å². The van der Waals surface area contributed by atoms with Gasteiger partial charge in [0.25, 0.3) is 0 Å². The third-order valence-electron chi connectivity index (χ3n) is 1.50. The van der Waals surface area contributed by atoms with Crippen LogP contribution in [-0.4, -0.2) is 34.2 Å². The summed E-state index contributed by atoms with van der Waals surface area (Å²) in [5.41, 5.74) is 0. The molecule has 1 heterocycles. The lowest BCUT2D eigenvalue weighted by atomic mass is 10.5. The van der Waals surface area contributed by atoms with E-state index in [1.54, 1.807) is 0 Å². The second-order valence-electron chi connectivity index (χ2n) is 2.85. The van der Waals surface area contributed by atoms with Crippen molar-refractivity contribution in [3.8, 4) is 5.88 Å². The largest absolute Gasteiger partial charge is 0.477 e. The highest BCUT2D eigenvalue weighted by Crippen LogP contribution is 2.10. The Kier molecular flexibility index (Phi) is 8.58. The molecule has 0 bridgehead atoms. The fraction of sp³-hybridized carbons (Fsp3) is 0.545. The van der Waals surface area contributed by atoms with Gasteiger partial charge in [-0.2, -0.15) is 0 Å². The molecule has 0 atom stereocenters. The van der Waals surface area contributed by atoms with E-state index in [-0.39, 0.29) is 12.5 Å². The van der Waals surface area contributed by atoms with Gasteiger partial charge in [0.15, 0.2) is 0 Å². The second-order valence-corrected chi connectivity index (χ2v) is 2.85. The topological polar surface area (TPSA) is 84.3 Å². The standard InChI is InChI=1S/C9H13N3O3.C2H6/c1-7(14)12-8-5-9(11-6-10-8)15-4-2-3-13;1-2/h5-6,13H,2-4H2,1H3,(H,10,11,12,14);1-2H3. The van der Waals surface area contributed by atoms with E-state index in [1.807, 2.05) is 13.8 Å². The predicted octanol–water partition coefficient (Wildman–Crippen LogP) is 1.22. The number of hydrogen-bond acceptors (Lipinski definition) is 5. The molecule has 0 saturated heterocycles. The number of rotatable bonds is 5. The van der Waals surface area contributed by atoms with Crippen LogP contribution in [0.3, 0.4) is 0 Å². The van der Waals surface area contributed by atoms with E-state index in [2.05, 4.69) is 15.3 Å². The summed E-state index contributed by atoms with van der Waals surface area (Å²) in [5, 5.41) is 11.1. The number of ether oxygens (including phenoxy) is 1. The summed E-state index contributed by atoms with van der Waals surface area (Å²) in [5.74, 6) is 0.578. The zero-order valence-corrected chi connectivity index (χ0v) is 10.4. The highest BCUT2D eigenvalue weighted by atomic mass is 16.5. The molecular weight excluding hydrogens is 222 g/mol. The number of nitrogens with zero attached hydrogens (tertiary/aromatic N) is 2. The smallest absolute Gasteiger partial charge is 0.222 e. The summed E-state index contributed by atoms with van der Waals surface area (Å²) in [6, 6.07) is 1.53. The summed E-state index contributed by atoms with van der Waals surface area (Å²) in [6.45, 7) is 5.85. The maximum absolute atomic E-state index is 10.7. The van der Waals surface area contributed by atoms with Crippen LogP contribution in [0.2, 0.25) is 0 Å². The fourth-order valence-electron chi connectivity index (χ4n) is 0.908. The molecule has 0 fully saturated rings. The highest BCUT2D eigenvalue weighted by Gasteiger charge is 2.00. The average Bonchev–Trinajstić information content (AvgIpc) is 2.32. The van der Waals surface area contributed by atoms with Crippen molar-refractivity contribution in [3.63, 3.8) is 0 Å². The van der Waals surface area contributed by atoms with Gasteiger partial charge in [-0.3, -0.25) is 4.79 Å².